The lowest BCUT2D eigenvalue weighted by atomic mass is 9.87. The fourth-order valence-electron chi connectivity index (χ4n) is 2.19. The van der Waals surface area contributed by atoms with Crippen LogP contribution in [0.3, 0.4) is 0 Å². The average Bonchev–Trinajstić information content (AvgIpc) is 2.59. The van der Waals surface area contributed by atoms with E-state index in [-0.39, 0.29) is 17.9 Å². The molecule has 132 valence electrons. The summed E-state index contributed by atoms with van der Waals surface area (Å²) in [6, 6.07) is 14.1. The van der Waals surface area contributed by atoms with E-state index in [1.807, 2.05) is 24.3 Å². The lowest BCUT2D eigenvalue weighted by Crippen LogP contribution is -2.21. The van der Waals surface area contributed by atoms with Gasteiger partial charge >= 0.3 is 5.97 Å². The zero-order chi connectivity index (χ0) is 18.4. The Hall–Kier alpha value is -2.82. The number of hydrogen-bond donors (Lipinski definition) is 1. The topological polar surface area (TPSA) is 64.6 Å². The highest BCUT2D eigenvalue weighted by atomic mass is 16.5. The van der Waals surface area contributed by atoms with Crippen LogP contribution < -0.4 is 10.1 Å². The van der Waals surface area contributed by atoms with Crippen LogP contribution in [0.2, 0.25) is 0 Å². The molecule has 0 atom stereocenters. The van der Waals surface area contributed by atoms with Crippen molar-refractivity contribution in [1.29, 1.82) is 0 Å². The van der Waals surface area contributed by atoms with Gasteiger partial charge in [-0.2, -0.15) is 0 Å². The summed E-state index contributed by atoms with van der Waals surface area (Å²) in [6.07, 6.45) is 0. The maximum Gasteiger partial charge on any atom is 0.338 e. The SMILES string of the molecule is COc1ccc(C(=O)OCC(=O)Nc2ccc(C(C)(C)C)cc2)cc1. The number of carbonyl (C=O) groups excluding carboxylic acids is 2. The van der Waals surface area contributed by atoms with E-state index in [9.17, 15) is 9.59 Å². The van der Waals surface area contributed by atoms with Gasteiger partial charge in [0.15, 0.2) is 6.61 Å². The Balaban J connectivity index is 1.86. The van der Waals surface area contributed by atoms with Crippen LogP contribution in [0.4, 0.5) is 5.69 Å². The van der Waals surface area contributed by atoms with Crippen LogP contribution in [-0.4, -0.2) is 25.6 Å². The van der Waals surface area contributed by atoms with Crippen LogP contribution in [0, 0.1) is 0 Å². The highest BCUT2D eigenvalue weighted by molar-refractivity contribution is 5.95. The quantitative estimate of drug-likeness (QED) is 0.841. The third-order valence-corrected chi connectivity index (χ3v) is 3.69. The summed E-state index contributed by atoms with van der Waals surface area (Å²) in [5, 5.41) is 2.71. The minimum atomic E-state index is -0.555. The van der Waals surface area contributed by atoms with Gasteiger partial charge in [0.25, 0.3) is 5.91 Å². The fraction of sp³-hybridized carbons (Fsp3) is 0.300. The van der Waals surface area contributed by atoms with Crippen LogP contribution in [0.1, 0.15) is 36.7 Å². The summed E-state index contributed by atoms with van der Waals surface area (Å²) < 4.78 is 10.0. The summed E-state index contributed by atoms with van der Waals surface area (Å²) in [5.74, 6) is -0.292. The van der Waals surface area contributed by atoms with Gasteiger partial charge in [0.05, 0.1) is 12.7 Å². The van der Waals surface area contributed by atoms with Crippen molar-refractivity contribution in [3.8, 4) is 5.75 Å². The maximum absolute atomic E-state index is 11.9. The van der Waals surface area contributed by atoms with Gasteiger partial charge in [-0.15, -0.1) is 0 Å². The summed E-state index contributed by atoms with van der Waals surface area (Å²) in [7, 11) is 1.55. The van der Waals surface area contributed by atoms with E-state index < -0.39 is 5.97 Å². The predicted octanol–water partition coefficient (Wildman–Crippen LogP) is 3.79. The number of anilines is 1. The molecule has 5 nitrogen and oxygen atoms in total. The zero-order valence-electron chi connectivity index (χ0n) is 15.0. The molecule has 0 unspecified atom stereocenters. The molecular weight excluding hydrogens is 318 g/mol. The van der Waals surface area contributed by atoms with Crippen LogP contribution in [0.5, 0.6) is 5.75 Å². The second kappa shape index (κ2) is 7.83. The van der Waals surface area contributed by atoms with Gasteiger partial charge in [-0.05, 0) is 47.4 Å². The van der Waals surface area contributed by atoms with Crippen molar-refractivity contribution in [3.05, 3.63) is 59.7 Å². The molecule has 1 N–H and O–H groups in total. The van der Waals surface area contributed by atoms with Crippen molar-refractivity contribution in [2.45, 2.75) is 26.2 Å². The molecule has 0 aliphatic carbocycles. The first-order valence-corrected chi connectivity index (χ1v) is 8.01. The fourth-order valence-corrected chi connectivity index (χ4v) is 2.19. The summed E-state index contributed by atoms with van der Waals surface area (Å²) in [5.41, 5.74) is 2.26. The van der Waals surface area contributed by atoms with E-state index in [0.29, 0.717) is 17.0 Å². The summed E-state index contributed by atoms with van der Waals surface area (Å²) >= 11 is 0. The lowest BCUT2D eigenvalue weighted by molar-refractivity contribution is -0.119. The Labute approximate surface area is 148 Å². The van der Waals surface area contributed by atoms with Gasteiger partial charge in [0.2, 0.25) is 0 Å². The highest BCUT2D eigenvalue weighted by Crippen LogP contribution is 2.23. The number of esters is 1. The molecule has 0 fully saturated rings. The molecule has 0 saturated carbocycles. The molecule has 0 aliphatic heterocycles. The second-order valence-corrected chi connectivity index (χ2v) is 6.68. The summed E-state index contributed by atoms with van der Waals surface area (Å²) in [4.78, 5) is 23.8. The monoisotopic (exact) mass is 341 g/mol. The Bertz CT molecular complexity index is 728. The molecule has 2 aromatic rings. The minimum Gasteiger partial charge on any atom is -0.497 e. The molecule has 0 saturated heterocycles. The molecule has 2 rings (SSSR count). The number of carbonyl (C=O) groups is 2. The van der Waals surface area contributed by atoms with Crippen molar-refractivity contribution in [3.63, 3.8) is 0 Å². The van der Waals surface area contributed by atoms with E-state index in [1.54, 1.807) is 31.4 Å². The molecule has 1 amide bonds. The van der Waals surface area contributed by atoms with Gasteiger partial charge in [-0.25, -0.2) is 4.79 Å². The number of hydrogen-bond acceptors (Lipinski definition) is 4. The normalized spacial score (nSPS) is 10.9. The Morgan fingerprint density at radius 1 is 0.960 bits per heavy atom. The van der Waals surface area contributed by atoms with Gasteiger partial charge < -0.3 is 14.8 Å². The number of nitrogens with one attached hydrogen (secondary N) is 1. The third kappa shape index (κ3) is 5.35. The van der Waals surface area contributed by atoms with Crippen molar-refractivity contribution in [2.24, 2.45) is 0 Å². The number of methoxy groups -OCH3 is 1. The van der Waals surface area contributed by atoms with E-state index in [4.69, 9.17) is 9.47 Å². The van der Waals surface area contributed by atoms with Crippen LogP contribution in [-0.2, 0) is 14.9 Å². The van der Waals surface area contributed by atoms with E-state index in [2.05, 4.69) is 26.1 Å². The molecule has 5 heteroatoms. The van der Waals surface area contributed by atoms with Crippen molar-refractivity contribution < 1.29 is 19.1 Å². The second-order valence-electron chi connectivity index (χ2n) is 6.68. The van der Waals surface area contributed by atoms with Gasteiger partial charge in [-0.1, -0.05) is 32.9 Å². The van der Waals surface area contributed by atoms with Crippen LogP contribution >= 0.6 is 0 Å². The number of ether oxygens (including phenoxy) is 2. The van der Waals surface area contributed by atoms with Crippen LogP contribution in [0.15, 0.2) is 48.5 Å². The Morgan fingerprint density at radius 2 is 1.56 bits per heavy atom. The minimum absolute atomic E-state index is 0.0520. The first-order chi connectivity index (χ1) is 11.8. The lowest BCUT2D eigenvalue weighted by Gasteiger charge is -2.19. The number of benzene rings is 2. The molecule has 0 heterocycles. The molecule has 0 aliphatic rings. The van der Waals surface area contributed by atoms with Gasteiger partial charge in [-0.3, -0.25) is 4.79 Å². The Kier molecular flexibility index (Phi) is 5.80. The largest absolute Gasteiger partial charge is 0.497 e. The van der Waals surface area contributed by atoms with E-state index in [0.717, 1.165) is 0 Å². The molecule has 0 spiro atoms. The van der Waals surface area contributed by atoms with Gasteiger partial charge in [0.1, 0.15) is 5.75 Å². The van der Waals surface area contributed by atoms with E-state index >= 15 is 0 Å². The van der Waals surface area contributed by atoms with Crippen molar-refractivity contribution in [1.82, 2.24) is 0 Å². The first kappa shape index (κ1) is 18.5. The standard InChI is InChI=1S/C20H23NO4/c1-20(2,3)15-7-9-16(10-8-15)21-18(22)13-25-19(23)14-5-11-17(24-4)12-6-14/h5-12H,13H2,1-4H3,(H,21,22). The average molecular weight is 341 g/mol. The molecule has 0 aromatic heterocycles. The first-order valence-electron chi connectivity index (χ1n) is 8.01. The van der Waals surface area contributed by atoms with Crippen molar-refractivity contribution in [2.75, 3.05) is 19.0 Å². The molecule has 0 radical (unpaired) electrons. The molecule has 25 heavy (non-hydrogen) atoms. The highest BCUT2D eigenvalue weighted by Gasteiger charge is 2.14. The number of rotatable bonds is 5. The predicted molar refractivity (Wildman–Crippen MR) is 97.0 cm³/mol. The molecule has 0 bridgehead atoms. The zero-order valence-corrected chi connectivity index (χ0v) is 15.0. The molecule has 2 aromatic carbocycles. The third-order valence-electron chi connectivity index (χ3n) is 3.69. The smallest absolute Gasteiger partial charge is 0.338 e. The number of amides is 1. The van der Waals surface area contributed by atoms with Crippen LogP contribution in [0.25, 0.3) is 0 Å². The van der Waals surface area contributed by atoms with Gasteiger partial charge in [0, 0.05) is 5.69 Å². The van der Waals surface area contributed by atoms with E-state index in [1.165, 1.54) is 5.56 Å². The maximum atomic E-state index is 11.9. The summed E-state index contributed by atoms with van der Waals surface area (Å²) in [6.45, 7) is 6.03. The van der Waals surface area contributed by atoms with Crippen molar-refractivity contribution >= 4 is 17.6 Å². The molecular formula is C20H23NO4. The Morgan fingerprint density at radius 3 is 2.08 bits per heavy atom.